The quantitative estimate of drug-likeness (QED) is 0.734. The van der Waals surface area contributed by atoms with Crippen molar-refractivity contribution in [1.82, 2.24) is 0 Å². The van der Waals surface area contributed by atoms with E-state index >= 15 is 0 Å². The van der Waals surface area contributed by atoms with Crippen LogP contribution in [0.3, 0.4) is 0 Å². The molecule has 84 valence electrons. The van der Waals surface area contributed by atoms with Gasteiger partial charge in [-0.15, -0.1) is 0 Å². The summed E-state index contributed by atoms with van der Waals surface area (Å²) in [6, 6.07) is 17.5. The fourth-order valence-corrected chi connectivity index (χ4v) is 6.03. The summed E-state index contributed by atoms with van der Waals surface area (Å²) < 4.78 is 14.0. The lowest BCUT2D eigenvalue weighted by molar-refractivity contribution is 0.592. The van der Waals surface area contributed by atoms with Crippen LogP contribution in [0.4, 0.5) is 0 Å². The van der Waals surface area contributed by atoms with Crippen LogP contribution < -0.4 is 10.6 Å². The van der Waals surface area contributed by atoms with Crippen LogP contribution in [0.25, 0.3) is 6.08 Å². The molecule has 0 bridgehead atoms. The molecule has 3 rings (SSSR count). The highest BCUT2D eigenvalue weighted by Gasteiger charge is 2.36. The summed E-state index contributed by atoms with van der Waals surface area (Å²) in [5.41, 5.74) is 1.05. The fraction of sp³-hybridized carbons (Fsp3) is 0. The highest BCUT2D eigenvalue weighted by atomic mass is 79.9. The molecule has 1 heterocycles. The summed E-state index contributed by atoms with van der Waals surface area (Å²) in [6.07, 6.45) is 1.96. The molecule has 0 fully saturated rings. The van der Waals surface area contributed by atoms with Gasteiger partial charge in [0.25, 0.3) is 0 Å². The van der Waals surface area contributed by atoms with Crippen molar-refractivity contribution < 1.29 is 4.57 Å². The Balaban J connectivity index is 2.29. The lowest BCUT2D eigenvalue weighted by Crippen LogP contribution is -2.14. The van der Waals surface area contributed by atoms with Crippen molar-refractivity contribution in [2.45, 2.75) is 0 Å². The van der Waals surface area contributed by atoms with Crippen molar-refractivity contribution in [2.75, 3.05) is 0 Å². The van der Waals surface area contributed by atoms with Crippen LogP contribution >= 0.6 is 23.1 Å². The van der Waals surface area contributed by atoms with Crippen molar-refractivity contribution >= 4 is 39.8 Å². The van der Waals surface area contributed by atoms with E-state index in [2.05, 4.69) is 15.9 Å². The van der Waals surface area contributed by atoms with Crippen LogP contribution in [0.15, 0.2) is 58.8 Å². The van der Waals surface area contributed by atoms with E-state index in [1.807, 2.05) is 60.7 Å². The SMILES string of the molecule is O=P1(c2ccccc2)C(Br)=Cc2ccccc21. The van der Waals surface area contributed by atoms with E-state index in [9.17, 15) is 4.57 Å². The maximum Gasteiger partial charge on any atom is 0.178 e. The molecule has 17 heavy (non-hydrogen) atoms. The van der Waals surface area contributed by atoms with Crippen LogP contribution in [-0.4, -0.2) is 0 Å². The molecule has 1 atom stereocenters. The Hall–Kier alpha value is -1.11. The van der Waals surface area contributed by atoms with Gasteiger partial charge >= 0.3 is 0 Å². The molecule has 0 saturated carbocycles. The van der Waals surface area contributed by atoms with Gasteiger partial charge in [-0.25, -0.2) is 0 Å². The van der Waals surface area contributed by atoms with Crippen molar-refractivity contribution in [3.05, 3.63) is 64.4 Å². The number of benzene rings is 2. The molecule has 0 amide bonds. The van der Waals surface area contributed by atoms with Crippen molar-refractivity contribution in [3.63, 3.8) is 0 Å². The van der Waals surface area contributed by atoms with Crippen LogP contribution in [0.2, 0.25) is 0 Å². The van der Waals surface area contributed by atoms with Gasteiger partial charge in [-0.1, -0.05) is 54.6 Å². The van der Waals surface area contributed by atoms with Gasteiger partial charge in [0, 0.05) is 10.6 Å². The van der Waals surface area contributed by atoms with E-state index in [-0.39, 0.29) is 0 Å². The summed E-state index contributed by atoms with van der Waals surface area (Å²) in [4.78, 5) is 0. The second-order valence-corrected chi connectivity index (χ2v) is 8.14. The smallest absolute Gasteiger partial charge is 0.178 e. The van der Waals surface area contributed by atoms with E-state index in [1.54, 1.807) is 0 Å². The van der Waals surface area contributed by atoms with Gasteiger partial charge in [0.15, 0.2) is 7.14 Å². The fourth-order valence-electron chi connectivity index (χ4n) is 2.13. The Labute approximate surface area is 109 Å². The molecular weight excluding hydrogens is 295 g/mol. The predicted octanol–water partition coefficient (Wildman–Crippen LogP) is 3.71. The topological polar surface area (TPSA) is 17.1 Å². The first-order valence-electron chi connectivity index (χ1n) is 5.36. The van der Waals surface area contributed by atoms with Crippen molar-refractivity contribution in [1.29, 1.82) is 0 Å². The number of fused-ring (bicyclic) bond motifs is 1. The van der Waals surface area contributed by atoms with Gasteiger partial charge in [0.05, 0.1) is 4.22 Å². The highest BCUT2D eigenvalue weighted by molar-refractivity contribution is 9.13. The first-order valence-corrected chi connectivity index (χ1v) is 7.86. The van der Waals surface area contributed by atoms with Gasteiger partial charge in [-0.05, 0) is 27.6 Å². The molecule has 0 aliphatic carbocycles. The largest absolute Gasteiger partial charge is 0.308 e. The molecule has 1 unspecified atom stereocenters. The third-order valence-corrected chi connectivity index (χ3v) is 7.54. The molecule has 2 aromatic rings. The summed E-state index contributed by atoms with van der Waals surface area (Å²) in [7, 11) is -2.63. The predicted molar refractivity (Wildman–Crippen MR) is 76.7 cm³/mol. The Morgan fingerprint density at radius 1 is 0.882 bits per heavy atom. The molecule has 0 radical (unpaired) electrons. The molecule has 0 aromatic heterocycles. The molecule has 1 aliphatic rings. The number of halogens is 1. The van der Waals surface area contributed by atoms with Gasteiger partial charge in [0.2, 0.25) is 0 Å². The highest BCUT2D eigenvalue weighted by Crippen LogP contribution is 2.59. The summed E-state index contributed by atoms with van der Waals surface area (Å²) in [5, 5.41) is 1.81. The van der Waals surface area contributed by atoms with Crippen LogP contribution in [0.5, 0.6) is 0 Å². The molecular formula is C14H10BrOP. The van der Waals surface area contributed by atoms with Crippen molar-refractivity contribution in [3.8, 4) is 0 Å². The van der Waals surface area contributed by atoms with E-state index in [4.69, 9.17) is 0 Å². The molecule has 2 aromatic carbocycles. The summed E-state index contributed by atoms with van der Waals surface area (Å²) >= 11 is 3.48. The molecule has 0 N–H and O–H groups in total. The van der Waals surface area contributed by atoms with Gasteiger partial charge in [-0.3, -0.25) is 0 Å². The van der Waals surface area contributed by atoms with Gasteiger partial charge < -0.3 is 4.57 Å². The second-order valence-electron chi connectivity index (χ2n) is 3.97. The minimum Gasteiger partial charge on any atom is -0.308 e. The lowest BCUT2D eigenvalue weighted by Gasteiger charge is -2.14. The number of hydrogen-bond acceptors (Lipinski definition) is 1. The lowest BCUT2D eigenvalue weighted by atomic mass is 10.2. The van der Waals surface area contributed by atoms with E-state index in [0.717, 1.165) is 20.4 Å². The minimum absolute atomic E-state index is 0.789. The number of rotatable bonds is 1. The first-order chi connectivity index (χ1) is 8.23. The zero-order valence-corrected chi connectivity index (χ0v) is 11.5. The summed E-state index contributed by atoms with van der Waals surface area (Å²) in [5.74, 6) is 0. The van der Waals surface area contributed by atoms with Gasteiger partial charge in [-0.2, -0.15) is 0 Å². The third-order valence-electron chi connectivity index (χ3n) is 2.97. The molecule has 1 nitrogen and oxygen atoms in total. The third kappa shape index (κ3) is 1.55. The average Bonchev–Trinajstić information content (AvgIpc) is 2.64. The van der Waals surface area contributed by atoms with E-state index in [0.29, 0.717) is 0 Å². The minimum atomic E-state index is -2.63. The van der Waals surface area contributed by atoms with Crippen molar-refractivity contribution in [2.24, 2.45) is 0 Å². The Morgan fingerprint density at radius 3 is 2.29 bits per heavy atom. The second kappa shape index (κ2) is 3.97. The number of hydrogen-bond donors (Lipinski definition) is 0. The van der Waals surface area contributed by atoms with Gasteiger partial charge in [0.1, 0.15) is 0 Å². The maximum absolute atomic E-state index is 13.3. The van der Waals surface area contributed by atoms with E-state index in [1.165, 1.54) is 0 Å². The average molecular weight is 305 g/mol. The maximum atomic E-state index is 13.3. The van der Waals surface area contributed by atoms with Crippen LogP contribution in [-0.2, 0) is 4.57 Å². The van der Waals surface area contributed by atoms with E-state index < -0.39 is 7.14 Å². The Morgan fingerprint density at radius 2 is 1.53 bits per heavy atom. The van der Waals surface area contributed by atoms with Crippen LogP contribution in [0, 0.1) is 0 Å². The Bertz CT molecular complexity index is 646. The normalized spacial score (nSPS) is 22.1. The molecule has 0 spiro atoms. The standard InChI is InChI=1S/C14H10BrOP/c15-14-10-11-6-4-5-9-13(11)17(14,16)12-7-2-1-3-8-12/h1-10H. The Kier molecular flexibility index (Phi) is 2.57. The van der Waals surface area contributed by atoms with Crippen LogP contribution in [0.1, 0.15) is 5.56 Å². The first kappa shape index (κ1) is 11.0. The zero-order chi connectivity index (χ0) is 11.9. The monoisotopic (exact) mass is 304 g/mol. The molecule has 0 saturated heterocycles. The molecule has 3 heteroatoms. The summed E-state index contributed by atoms with van der Waals surface area (Å²) in [6.45, 7) is 0. The molecule has 1 aliphatic heterocycles. The zero-order valence-electron chi connectivity index (χ0n) is 9.01.